The van der Waals surface area contributed by atoms with E-state index in [1.165, 1.54) is 16.8 Å². The van der Waals surface area contributed by atoms with Gasteiger partial charge in [-0.05, 0) is 12.1 Å². The molecule has 0 amide bonds. The molecule has 17 heavy (non-hydrogen) atoms. The minimum Gasteiger partial charge on any atom is -0.356 e. The van der Waals surface area contributed by atoms with E-state index in [-0.39, 0.29) is 0 Å². The zero-order chi connectivity index (χ0) is 11.8. The Morgan fingerprint density at radius 2 is 2.12 bits per heavy atom. The van der Waals surface area contributed by atoms with E-state index in [0.717, 1.165) is 5.39 Å². The van der Waals surface area contributed by atoms with E-state index >= 15 is 0 Å². The van der Waals surface area contributed by atoms with Gasteiger partial charge in [-0.15, -0.1) is 0 Å². The van der Waals surface area contributed by atoms with Crippen LogP contribution in [0.25, 0.3) is 16.7 Å². The monoisotopic (exact) mass is 229 g/mol. The van der Waals surface area contributed by atoms with Gasteiger partial charge in [0.15, 0.2) is 5.58 Å². The quantitative estimate of drug-likeness (QED) is 0.664. The number of aromatic amines is 1. The second-order valence-electron chi connectivity index (χ2n) is 3.53. The van der Waals surface area contributed by atoms with Crippen LogP contribution in [-0.4, -0.2) is 14.7 Å². The van der Waals surface area contributed by atoms with Gasteiger partial charge in [0.25, 0.3) is 5.56 Å². The molecule has 0 aliphatic carbocycles. The number of fused-ring (bicyclic) bond motifs is 1. The van der Waals surface area contributed by atoms with E-state index in [1.807, 2.05) is 0 Å². The van der Waals surface area contributed by atoms with Crippen molar-refractivity contribution in [3.05, 3.63) is 57.5 Å². The lowest BCUT2D eigenvalue weighted by molar-refractivity contribution is 0.456. The first-order valence-corrected chi connectivity index (χ1v) is 4.91. The first-order chi connectivity index (χ1) is 8.24. The molecule has 0 radical (unpaired) electrons. The fraction of sp³-hybridized carbons (Fsp3) is 0. The molecule has 84 valence electrons. The fourth-order valence-electron chi connectivity index (χ4n) is 1.62. The standard InChI is InChI=1S/C11H7N3O3/c15-10-3-4-14(11(16)13-10)8-2-1-7-6-12-17-9(7)5-8/h1-6H,(H,13,15,16). The highest BCUT2D eigenvalue weighted by molar-refractivity contribution is 5.78. The number of aromatic nitrogens is 3. The summed E-state index contributed by atoms with van der Waals surface area (Å²) in [4.78, 5) is 24.7. The van der Waals surface area contributed by atoms with Crippen LogP contribution in [0.15, 0.2) is 50.8 Å². The van der Waals surface area contributed by atoms with Gasteiger partial charge in [-0.25, -0.2) is 4.79 Å². The molecule has 3 aromatic rings. The van der Waals surface area contributed by atoms with Crippen LogP contribution in [0.3, 0.4) is 0 Å². The van der Waals surface area contributed by atoms with Crippen molar-refractivity contribution >= 4 is 11.0 Å². The second kappa shape index (κ2) is 3.44. The molecular formula is C11H7N3O3. The van der Waals surface area contributed by atoms with Crippen molar-refractivity contribution in [1.82, 2.24) is 14.7 Å². The molecule has 0 aliphatic heterocycles. The van der Waals surface area contributed by atoms with Gasteiger partial charge in [-0.2, -0.15) is 0 Å². The smallest absolute Gasteiger partial charge is 0.332 e. The van der Waals surface area contributed by atoms with Gasteiger partial charge in [-0.1, -0.05) is 5.16 Å². The molecule has 2 aromatic heterocycles. The van der Waals surface area contributed by atoms with Gasteiger partial charge in [0, 0.05) is 23.7 Å². The summed E-state index contributed by atoms with van der Waals surface area (Å²) in [5.74, 6) is 0. The molecule has 6 nitrogen and oxygen atoms in total. The summed E-state index contributed by atoms with van der Waals surface area (Å²) in [5, 5.41) is 4.51. The van der Waals surface area contributed by atoms with Gasteiger partial charge in [0.2, 0.25) is 0 Å². The first kappa shape index (κ1) is 9.59. The van der Waals surface area contributed by atoms with Crippen LogP contribution in [0.4, 0.5) is 0 Å². The average Bonchev–Trinajstić information content (AvgIpc) is 2.75. The molecule has 0 saturated heterocycles. The van der Waals surface area contributed by atoms with Gasteiger partial charge < -0.3 is 4.52 Å². The minimum atomic E-state index is -0.489. The molecule has 3 rings (SSSR count). The predicted octanol–water partition coefficient (Wildman–Crippen LogP) is 0.667. The van der Waals surface area contributed by atoms with Crippen molar-refractivity contribution in [2.45, 2.75) is 0 Å². The lowest BCUT2D eigenvalue weighted by atomic mass is 10.2. The van der Waals surface area contributed by atoms with Crippen LogP contribution < -0.4 is 11.2 Å². The molecule has 0 atom stereocenters. The Morgan fingerprint density at radius 3 is 2.94 bits per heavy atom. The first-order valence-electron chi connectivity index (χ1n) is 4.91. The van der Waals surface area contributed by atoms with Crippen LogP contribution in [0.5, 0.6) is 0 Å². The van der Waals surface area contributed by atoms with Crippen molar-refractivity contribution in [2.24, 2.45) is 0 Å². The maximum Gasteiger partial charge on any atom is 0.332 e. The van der Waals surface area contributed by atoms with Crippen molar-refractivity contribution in [1.29, 1.82) is 0 Å². The maximum atomic E-state index is 11.6. The van der Waals surface area contributed by atoms with Crippen molar-refractivity contribution < 1.29 is 4.52 Å². The largest absolute Gasteiger partial charge is 0.356 e. The molecule has 0 spiro atoms. The summed E-state index contributed by atoms with van der Waals surface area (Å²) in [7, 11) is 0. The molecule has 0 aliphatic rings. The summed E-state index contributed by atoms with van der Waals surface area (Å²) < 4.78 is 6.33. The number of nitrogens with zero attached hydrogens (tertiary/aromatic N) is 2. The van der Waals surface area contributed by atoms with Gasteiger partial charge >= 0.3 is 5.69 Å². The molecule has 0 fully saturated rings. The van der Waals surface area contributed by atoms with Crippen molar-refractivity contribution in [3.63, 3.8) is 0 Å². The number of nitrogens with one attached hydrogen (secondary N) is 1. The second-order valence-corrected chi connectivity index (χ2v) is 3.53. The van der Waals surface area contributed by atoms with E-state index in [4.69, 9.17) is 4.52 Å². The number of rotatable bonds is 1. The lowest BCUT2D eigenvalue weighted by Gasteiger charge is -2.03. The van der Waals surface area contributed by atoms with Crippen molar-refractivity contribution in [2.75, 3.05) is 0 Å². The fourth-order valence-corrected chi connectivity index (χ4v) is 1.62. The van der Waals surface area contributed by atoms with Gasteiger partial charge in [0.1, 0.15) is 0 Å². The molecule has 6 heteroatoms. The Kier molecular flexibility index (Phi) is 1.94. The Labute approximate surface area is 94.1 Å². The van der Waals surface area contributed by atoms with E-state index in [0.29, 0.717) is 11.3 Å². The van der Waals surface area contributed by atoms with Crippen molar-refractivity contribution in [3.8, 4) is 5.69 Å². The topological polar surface area (TPSA) is 80.9 Å². The minimum absolute atomic E-state index is 0.424. The molecular weight excluding hydrogens is 222 g/mol. The molecule has 1 N–H and O–H groups in total. The molecule has 0 bridgehead atoms. The van der Waals surface area contributed by atoms with Crippen LogP contribution in [-0.2, 0) is 0 Å². The zero-order valence-electron chi connectivity index (χ0n) is 8.58. The zero-order valence-corrected chi connectivity index (χ0v) is 8.58. The molecule has 0 unspecified atom stereocenters. The van der Waals surface area contributed by atoms with Crippen LogP contribution in [0.1, 0.15) is 0 Å². The Balaban J connectivity index is 2.26. The Bertz CT molecular complexity index is 797. The third kappa shape index (κ3) is 1.55. The Morgan fingerprint density at radius 1 is 1.24 bits per heavy atom. The third-order valence-electron chi connectivity index (χ3n) is 2.44. The number of H-pyrrole nitrogens is 1. The molecule has 1 aromatic carbocycles. The number of hydrogen-bond acceptors (Lipinski definition) is 4. The highest BCUT2D eigenvalue weighted by atomic mass is 16.5. The normalized spacial score (nSPS) is 10.8. The van der Waals surface area contributed by atoms with E-state index in [1.54, 1.807) is 24.4 Å². The van der Waals surface area contributed by atoms with E-state index in [9.17, 15) is 9.59 Å². The predicted molar refractivity (Wildman–Crippen MR) is 60.2 cm³/mol. The number of hydrogen-bond donors (Lipinski definition) is 1. The third-order valence-corrected chi connectivity index (χ3v) is 2.44. The highest BCUT2D eigenvalue weighted by Gasteiger charge is 2.03. The van der Waals surface area contributed by atoms with Gasteiger partial charge in [-0.3, -0.25) is 14.3 Å². The highest BCUT2D eigenvalue weighted by Crippen LogP contribution is 2.16. The lowest BCUT2D eigenvalue weighted by Crippen LogP contribution is -2.27. The van der Waals surface area contributed by atoms with E-state index in [2.05, 4.69) is 10.1 Å². The van der Waals surface area contributed by atoms with Crippen LogP contribution in [0.2, 0.25) is 0 Å². The van der Waals surface area contributed by atoms with Crippen LogP contribution in [0, 0.1) is 0 Å². The molecule has 2 heterocycles. The summed E-state index contributed by atoms with van der Waals surface area (Å²) in [5.41, 5.74) is 0.277. The average molecular weight is 229 g/mol. The SMILES string of the molecule is O=c1ccn(-c2ccc3cnoc3c2)c(=O)[nH]1. The number of benzene rings is 1. The summed E-state index contributed by atoms with van der Waals surface area (Å²) in [6, 6.07) is 6.51. The maximum absolute atomic E-state index is 11.6. The van der Waals surface area contributed by atoms with Crippen LogP contribution >= 0.6 is 0 Å². The molecule has 0 saturated carbocycles. The summed E-state index contributed by atoms with van der Waals surface area (Å²) in [6.45, 7) is 0. The Hall–Kier alpha value is -2.63. The summed E-state index contributed by atoms with van der Waals surface area (Å²) >= 11 is 0. The van der Waals surface area contributed by atoms with Gasteiger partial charge in [0.05, 0.1) is 11.9 Å². The van der Waals surface area contributed by atoms with E-state index < -0.39 is 11.2 Å². The summed E-state index contributed by atoms with van der Waals surface area (Å²) in [6.07, 6.45) is 3.01.